The Bertz CT molecular complexity index is 361. The molecule has 0 heterocycles. The van der Waals surface area contributed by atoms with E-state index in [0.29, 0.717) is 5.56 Å². The summed E-state index contributed by atoms with van der Waals surface area (Å²) in [7, 11) is 1.47. The average molecular weight is 245 g/mol. The third-order valence-corrected chi connectivity index (χ3v) is 2.86. The number of ether oxygens (including phenoxy) is 1. The number of benzene rings is 1. The van der Waals surface area contributed by atoms with Crippen molar-refractivity contribution < 1.29 is 9.13 Å². The molecule has 0 amide bonds. The molecule has 1 aromatic carbocycles. The molecule has 0 spiro atoms. The molecule has 0 bridgehead atoms. The first-order valence-electron chi connectivity index (χ1n) is 5.35. The Balaban J connectivity index is 3.12. The van der Waals surface area contributed by atoms with Crippen LogP contribution in [0.5, 0.6) is 5.75 Å². The summed E-state index contributed by atoms with van der Waals surface area (Å²) in [5, 5.41) is 0.0144. The van der Waals surface area contributed by atoms with Crippen molar-refractivity contribution in [2.45, 2.75) is 38.0 Å². The number of halogens is 2. The van der Waals surface area contributed by atoms with E-state index in [1.165, 1.54) is 7.11 Å². The van der Waals surface area contributed by atoms with Crippen LogP contribution in [0.25, 0.3) is 0 Å². The van der Waals surface area contributed by atoms with Crippen LogP contribution in [-0.2, 0) is 5.41 Å². The Hall–Kier alpha value is -0.760. The average Bonchev–Trinajstić information content (AvgIpc) is 2.15. The predicted octanol–water partition coefficient (Wildman–Crippen LogP) is 4.13. The second-order valence-electron chi connectivity index (χ2n) is 4.69. The molecule has 0 aromatic heterocycles. The molecule has 0 aliphatic heterocycles. The largest absolute Gasteiger partial charge is 0.494 e. The predicted molar refractivity (Wildman–Crippen MR) is 65.9 cm³/mol. The Morgan fingerprint density at radius 1 is 1.44 bits per heavy atom. The van der Waals surface area contributed by atoms with Crippen LogP contribution in [0.15, 0.2) is 18.2 Å². The van der Waals surface area contributed by atoms with Crippen molar-refractivity contribution >= 4 is 11.6 Å². The zero-order valence-electron chi connectivity index (χ0n) is 10.2. The van der Waals surface area contributed by atoms with Crippen molar-refractivity contribution in [3.8, 4) is 5.75 Å². The Labute approximate surface area is 102 Å². The second-order valence-corrected chi connectivity index (χ2v) is 5.44. The maximum atomic E-state index is 14.1. The number of alkyl halides is 1. The number of hydrogen-bond acceptors (Lipinski definition) is 1. The number of rotatable bonds is 4. The van der Waals surface area contributed by atoms with Gasteiger partial charge in [0.2, 0.25) is 0 Å². The zero-order chi connectivity index (χ0) is 12.3. The second kappa shape index (κ2) is 5.05. The lowest BCUT2D eigenvalue weighted by Gasteiger charge is -2.27. The number of methoxy groups -OCH3 is 1. The van der Waals surface area contributed by atoms with Crippen LogP contribution >= 0.6 is 11.6 Å². The van der Waals surface area contributed by atoms with Gasteiger partial charge in [-0.2, -0.15) is 0 Å². The molecule has 16 heavy (non-hydrogen) atoms. The molecule has 90 valence electrons. The van der Waals surface area contributed by atoms with Crippen LogP contribution in [0, 0.1) is 5.82 Å². The molecule has 0 saturated carbocycles. The van der Waals surface area contributed by atoms with E-state index in [4.69, 9.17) is 16.3 Å². The van der Waals surface area contributed by atoms with Gasteiger partial charge in [-0.05, 0) is 30.4 Å². The molecule has 1 aromatic rings. The highest BCUT2D eigenvalue weighted by Crippen LogP contribution is 2.34. The van der Waals surface area contributed by atoms with Crippen molar-refractivity contribution in [1.82, 2.24) is 0 Å². The van der Waals surface area contributed by atoms with Crippen LogP contribution < -0.4 is 4.74 Å². The van der Waals surface area contributed by atoms with Crippen LogP contribution in [0.2, 0.25) is 0 Å². The van der Waals surface area contributed by atoms with Gasteiger partial charge in [0.1, 0.15) is 0 Å². The Morgan fingerprint density at radius 2 is 2.06 bits per heavy atom. The van der Waals surface area contributed by atoms with Gasteiger partial charge in [-0.25, -0.2) is 4.39 Å². The van der Waals surface area contributed by atoms with Gasteiger partial charge in [-0.15, -0.1) is 11.6 Å². The van der Waals surface area contributed by atoms with Gasteiger partial charge >= 0.3 is 0 Å². The fourth-order valence-electron chi connectivity index (χ4n) is 2.00. The van der Waals surface area contributed by atoms with Crippen LogP contribution in [0.1, 0.15) is 32.8 Å². The third kappa shape index (κ3) is 2.88. The molecule has 0 aliphatic rings. The lowest BCUT2D eigenvalue weighted by Crippen LogP contribution is -2.22. The Morgan fingerprint density at radius 3 is 2.56 bits per heavy atom. The summed E-state index contributed by atoms with van der Waals surface area (Å²) in [5.74, 6) is 0.000108. The van der Waals surface area contributed by atoms with E-state index in [1.807, 2.05) is 20.8 Å². The molecule has 0 saturated heterocycles. The van der Waals surface area contributed by atoms with Crippen molar-refractivity contribution in [2.75, 3.05) is 7.11 Å². The summed E-state index contributed by atoms with van der Waals surface area (Å²) in [6.45, 7) is 5.90. The first kappa shape index (κ1) is 13.3. The molecule has 1 rings (SSSR count). The summed E-state index contributed by atoms with van der Waals surface area (Å²) in [6, 6.07) is 5.22. The summed E-state index contributed by atoms with van der Waals surface area (Å²) in [6.07, 6.45) is 0.721. The van der Waals surface area contributed by atoms with Gasteiger partial charge in [0.15, 0.2) is 11.6 Å². The summed E-state index contributed by atoms with van der Waals surface area (Å²) in [4.78, 5) is 0. The van der Waals surface area contributed by atoms with Crippen molar-refractivity contribution in [3.05, 3.63) is 29.6 Å². The smallest absolute Gasteiger partial charge is 0.168 e. The van der Waals surface area contributed by atoms with Crippen LogP contribution in [0.4, 0.5) is 4.39 Å². The molecule has 1 atom stereocenters. The molecule has 0 fully saturated rings. The Kier molecular flexibility index (Phi) is 4.20. The van der Waals surface area contributed by atoms with Gasteiger partial charge in [0.25, 0.3) is 0 Å². The SMILES string of the molecule is COc1cccc(C(C)(C)CC(C)Cl)c1F. The van der Waals surface area contributed by atoms with E-state index in [-0.39, 0.29) is 22.4 Å². The van der Waals surface area contributed by atoms with Gasteiger partial charge in [0, 0.05) is 5.38 Å². The highest BCUT2D eigenvalue weighted by molar-refractivity contribution is 6.20. The van der Waals surface area contributed by atoms with E-state index >= 15 is 0 Å². The van der Waals surface area contributed by atoms with Crippen LogP contribution in [-0.4, -0.2) is 12.5 Å². The lowest BCUT2D eigenvalue weighted by molar-refractivity contribution is 0.372. The first-order valence-corrected chi connectivity index (χ1v) is 5.79. The molecule has 0 N–H and O–H groups in total. The van der Waals surface area contributed by atoms with E-state index < -0.39 is 0 Å². The topological polar surface area (TPSA) is 9.23 Å². The molecule has 1 unspecified atom stereocenters. The third-order valence-electron chi connectivity index (χ3n) is 2.70. The fourth-order valence-corrected chi connectivity index (χ4v) is 2.39. The van der Waals surface area contributed by atoms with Crippen molar-refractivity contribution in [1.29, 1.82) is 0 Å². The molecular formula is C13H18ClFO. The first-order chi connectivity index (χ1) is 7.38. The number of hydrogen-bond donors (Lipinski definition) is 0. The summed E-state index contributed by atoms with van der Waals surface area (Å²) < 4.78 is 19.0. The summed E-state index contributed by atoms with van der Waals surface area (Å²) >= 11 is 5.98. The van der Waals surface area contributed by atoms with E-state index in [0.717, 1.165) is 6.42 Å². The zero-order valence-corrected chi connectivity index (χ0v) is 10.9. The molecule has 0 aliphatic carbocycles. The molecule has 3 heteroatoms. The minimum atomic E-state index is -0.292. The van der Waals surface area contributed by atoms with Gasteiger partial charge in [-0.1, -0.05) is 26.0 Å². The standard InChI is InChI=1S/C13H18ClFO/c1-9(14)8-13(2,3)10-6-5-7-11(16-4)12(10)15/h5-7,9H,8H2,1-4H3. The minimum absolute atomic E-state index is 0.0144. The van der Waals surface area contributed by atoms with E-state index in [9.17, 15) is 4.39 Å². The van der Waals surface area contributed by atoms with Crippen molar-refractivity contribution in [2.24, 2.45) is 0 Å². The fraction of sp³-hybridized carbons (Fsp3) is 0.538. The maximum absolute atomic E-state index is 14.1. The summed E-state index contributed by atoms with van der Waals surface area (Å²) in [5.41, 5.74) is 0.360. The lowest BCUT2D eigenvalue weighted by atomic mass is 9.80. The van der Waals surface area contributed by atoms with Gasteiger partial charge in [0.05, 0.1) is 7.11 Å². The van der Waals surface area contributed by atoms with E-state index in [2.05, 4.69) is 0 Å². The normalized spacial score (nSPS) is 13.6. The van der Waals surface area contributed by atoms with E-state index in [1.54, 1.807) is 18.2 Å². The highest BCUT2D eigenvalue weighted by Gasteiger charge is 2.27. The monoisotopic (exact) mass is 244 g/mol. The van der Waals surface area contributed by atoms with Gasteiger partial charge in [-0.3, -0.25) is 0 Å². The van der Waals surface area contributed by atoms with Gasteiger partial charge < -0.3 is 4.74 Å². The quantitative estimate of drug-likeness (QED) is 0.724. The molecule has 1 nitrogen and oxygen atoms in total. The molecular weight excluding hydrogens is 227 g/mol. The highest BCUT2D eigenvalue weighted by atomic mass is 35.5. The minimum Gasteiger partial charge on any atom is -0.494 e. The maximum Gasteiger partial charge on any atom is 0.168 e. The van der Waals surface area contributed by atoms with Crippen molar-refractivity contribution in [3.63, 3.8) is 0 Å². The molecule has 0 radical (unpaired) electrons. The van der Waals surface area contributed by atoms with Crippen LogP contribution in [0.3, 0.4) is 0 Å².